The van der Waals surface area contributed by atoms with E-state index in [1.165, 1.54) is 4.90 Å². The standard InChI is InChI=1S/C24H28N2O5/c1-3-13-26(14-12-22(27)28)23(29)16(2)25-24(30)31-15-21-19-10-6-4-8-17(19)18-9-5-7-11-20(18)21/h4-11,16,21H,3,12-15H2,1-2H3,(H,25,30)(H,27,28)/t16-/m0/s1. The van der Waals surface area contributed by atoms with Gasteiger partial charge < -0.3 is 20.1 Å². The van der Waals surface area contributed by atoms with E-state index < -0.39 is 18.1 Å². The maximum Gasteiger partial charge on any atom is 0.407 e. The molecule has 0 bridgehead atoms. The van der Waals surface area contributed by atoms with Gasteiger partial charge in [-0.1, -0.05) is 55.5 Å². The Balaban J connectivity index is 1.60. The molecule has 0 unspecified atom stereocenters. The Bertz CT molecular complexity index is 913. The van der Waals surface area contributed by atoms with Crippen LogP contribution in [0.3, 0.4) is 0 Å². The number of carboxylic acids is 1. The van der Waals surface area contributed by atoms with E-state index in [0.717, 1.165) is 22.3 Å². The number of carbonyl (C=O) groups excluding carboxylic acids is 2. The summed E-state index contributed by atoms with van der Waals surface area (Å²) in [5, 5.41) is 11.5. The Labute approximate surface area is 182 Å². The second kappa shape index (κ2) is 10.1. The summed E-state index contributed by atoms with van der Waals surface area (Å²) in [6.45, 7) is 4.19. The van der Waals surface area contributed by atoms with Gasteiger partial charge in [0.05, 0.1) is 6.42 Å². The number of hydrogen-bond acceptors (Lipinski definition) is 4. The van der Waals surface area contributed by atoms with Crippen LogP contribution in [-0.4, -0.2) is 53.7 Å². The Morgan fingerprint density at radius 2 is 1.61 bits per heavy atom. The van der Waals surface area contributed by atoms with Crippen molar-refractivity contribution in [3.8, 4) is 11.1 Å². The van der Waals surface area contributed by atoms with Gasteiger partial charge in [0.25, 0.3) is 0 Å². The smallest absolute Gasteiger partial charge is 0.407 e. The third-order valence-electron chi connectivity index (χ3n) is 5.45. The minimum Gasteiger partial charge on any atom is -0.481 e. The largest absolute Gasteiger partial charge is 0.481 e. The molecule has 7 heteroatoms. The first-order valence-corrected chi connectivity index (χ1v) is 10.5. The van der Waals surface area contributed by atoms with Gasteiger partial charge in [0.15, 0.2) is 0 Å². The molecule has 2 N–H and O–H groups in total. The molecule has 1 atom stereocenters. The van der Waals surface area contributed by atoms with Crippen molar-refractivity contribution < 1.29 is 24.2 Å². The van der Waals surface area contributed by atoms with Gasteiger partial charge in [-0.3, -0.25) is 9.59 Å². The first-order valence-electron chi connectivity index (χ1n) is 10.5. The second-order valence-corrected chi connectivity index (χ2v) is 7.66. The first-order chi connectivity index (χ1) is 14.9. The van der Waals surface area contributed by atoms with Crippen LogP contribution in [0.4, 0.5) is 4.79 Å². The maximum atomic E-state index is 12.6. The Kier molecular flexibility index (Phi) is 7.28. The molecule has 0 aliphatic heterocycles. The van der Waals surface area contributed by atoms with E-state index in [0.29, 0.717) is 13.0 Å². The molecule has 0 saturated carbocycles. The van der Waals surface area contributed by atoms with Gasteiger partial charge in [0.1, 0.15) is 12.6 Å². The summed E-state index contributed by atoms with van der Waals surface area (Å²) >= 11 is 0. The van der Waals surface area contributed by atoms with Crippen LogP contribution in [0.2, 0.25) is 0 Å². The molecule has 2 aromatic rings. The van der Waals surface area contributed by atoms with Crippen LogP contribution >= 0.6 is 0 Å². The zero-order valence-corrected chi connectivity index (χ0v) is 17.8. The molecule has 0 aromatic heterocycles. The highest BCUT2D eigenvalue weighted by atomic mass is 16.5. The van der Waals surface area contributed by atoms with Crippen molar-refractivity contribution in [2.45, 2.75) is 38.6 Å². The fraction of sp³-hybridized carbons (Fsp3) is 0.375. The molecule has 2 aromatic carbocycles. The van der Waals surface area contributed by atoms with Gasteiger partial charge in [-0.2, -0.15) is 0 Å². The average molecular weight is 424 g/mol. The highest BCUT2D eigenvalue weighted by Gasteiger charge is 2.29. The molecule has 1 aliphatic carbocycles. The fourth-order valence-electron chi connectivity index (χ4n) is 3.99. The van der Waals surface area contributed by atoms with E-state index in [4.69, 9.17) is 9.84 Å². The molecule has 1 aliphatic rings. The zero-order chi connectivity index (χ0) is 22.4. The van der Waals surface area contributed by atoms with Crippen molar-refractivity contribution >= 4 is 18.0 Å². The molecular weight excluding hydrogens is 396 g/mol. The van der Waals surface area contributed by atoms with E-state index in [2.05, 4.69) is 17.4 Å². The monoisotopic (exact) mass is 424 g/mol. The Morgan fingerprint density at radius 3 is 2.16 bits per heavy atom. The van der Waals surface area contributed by atoms with Gasteiger partial charge in [0, 0.05) is 19.0 Å². The van der Waals surface area contributed by atoms with Gasteiger partial charge in [0.2, 0.25) is 5.91 Å². The van der Waals surface area contributed by atoms with E-state index in [1.54, 1.807) is 6.92 Å². The highest BCUT2D eigenvalue weighted by molar-refractivity contribution is 5.85. The summed E-state index contributed by atoms with van der Waals surface area (Å²) in [5.41, 5.74) is 4.51. The van der Waals surface area contributed by atoms with E-state index in [-0.39, 0.29) is 31.4 Å². The van der Waals surface area contributed by atoms with Crippen LogP contribution in [0.15, 0.2) is 48.5 Å². The van der Waals surface area contributed by atoms with Gasteiger partial charge in [-0.25, -0.2) is 4.79 Å². The molecule has 0 radical (unpaired) electrons. The Morgan fingerprint density at radius 1 is 1.03 bits per heavy atom. The third-order valence-corrected chi connectivity index (χ3v) is 5.45. The number of nitrogens with zero attached hydrogens (tertiary/aromatic N) is 1. The highest BCUT2D eigenvalue weighted by Crippen LogP contribution is 2.44. The lowest BCUT2D eigenvalue weighted by Gasteiger charge is -2.25. The summed E-state index contributed by atoms with van der Waals surface area (Å²) in [5.74, 6) is -1.35. The van der Waals surface area contributed by atoms with Crippen molar-refractivity contribution in [1.82, 2.24) is 10.2 Å². The van der Waals surface area contributed by atoms with Crippen molar-refractivity contribution in [3.05, 3.63) is 59.7 Å². The van der Waals surface area contributed by atoms with Gasteiger partial charge in [-0.15, -0.1) is 0 Å². The van der Waals surface area contributed by atoms with Gasteiger partial charge in [-0.05, 0) is 35.6 Å². The number of alkyl carbamates (subject to hydrolysis) is 1. The normalized spacial score (nSPS) is 13.1. The number of carboxylic acid groups (broad SMARTS) is 1. The van der Waals surface area contributed by atoms with Crippen LogP contribution in [0, 0.1) is 0 Å². The molecule has 164 valence electrons. The number of hydrogen-bond donors (Lipinski definition) is 2. The summed E-state index contributed by atoms with van der Waals surface area (Å²) in [6.07, 6.45) is -0.107. The molecule has 31 heavy (non-hydrogen) atoms. The van der Waals surface area contributed by atoms with Crippen LogP contribution in [0.25, 0.3) is 11.1 Å². The predicted molar refractivity (Wildman–Crippen MR) is 117 cm³/mol. The van der Waals surface area contributed by atoms with Crippen molar-refractivity contribution in [3.63, 3.8) is 0 Å². The third kappa shape index (κ3) is 5.23. The quantitative estimate of drug-likeness (QED) is 0.641. The van der Waals surface area contributed by atoms with Gasteiger partial charge >= 0.3 is 12.1 Å². The topological polar surface area (TPSA) is 95.9 Å². The molecular formula is C24H28N2O5. The number of benzene rings is 2. The van der Waals surface area contributed by atoms with Crippen molar-refractivity contribution in [2.75, 3.05) is 19.7 Å². The average Bonchev–Trinajstić information content (AvgIpc) is 3.08. The lowest BCUT2D eigenvalue weighted by atomic mass is 9.98. The molecule has 0 heterocycles. The molecule has 3 rings (SSSR count). The maximum absolute atomic E-state index is 12.6. The summed E-state index contributed by atoms with van der Waals surface area (Å²) < 4.78 is 5.48. The number of rotatable bonds is 9. The number of fused-ring (bicyclic) bond motifs is 3. The minimum absolute atomic E-state index is 0.0590. The lowest BCUT2D eigenvalue weighted by molar-refractivity contribution is -0.139. The number of aliphatic carboxylic acids is 1. The number of ether oxygens (including phenoxy) is 1. The Hall–Kier alpha value is -3.35. The summed E-state index contributed by atoms with van der Waals surface area (Å²) in [6, 6.07) is 15.3. The van der Waals surface area contributed by atoms with E-state index in [9.17, 15) is 14.4 Å². The molecule has 2 amide bonds. The van der Waals surface area contributed by atoms with Crippen molar-refractivity contribution in [1.29, 1.82) is 0 Å². The van der Waals surface area contributed by atoms with Crippen LogP contribution < -0.4 is 5.32 Å². The number of amides is 2. The predicted octanol–water partition coefficient (Wildman–Crippen LogP) is 3.63. The molecule has 0 fully saturated rings. The van der Waals surface area contributed by atoms with Crippen LogP contribution in [0.1, 0.15) is 43.7 Å². The fourth-order valence-corrected chi connectivity index (χ4v) is 3.99. The van der Waals surface area contributed by atoms with Crippen molar-refractivity contribution in [2.24, 2.45) is 0 Å². The van der Waals surface area contributed by atoms with E-state index >= 15 is 0 Å². The molecule has 7 nitrogen and oxygen atoms in total. The van der Waals surface area contributed by atoms with Crippen LogP contribution in [0.5, 0.6) is 0 Å². The number of nitrogens with one attached hydrogen (secondary N) is 1. The first kappa shape index (κ1) is 22.3. The van der Waals surface area contributed by atoms with E-state index in [1.807, 2.05) is 43.3 Å². The summed E-state index contributed by atoms with van der Waals surface area (Å²) in [4.78, 5) is 37.3. The van der Waals surface area contributed by atoms with Crippen LogP contribution in [-0.2, 0) is 14.3 Å². The molecule has 0 saturated heterocycles. The summed E-state index contributed by atoms with van der Waals surface area (Å²) in [7, 11) is 0. The SMILES string of the molecule is CCCN(CCC(=O)O)C(=O)[C@H](C)NC(=O)OCC1c2ccccc2-c2ccccc21. The zero-order valence-electron chi connectivity index (χ0n) is 17.8. The minimum atomic E-state index is -0.967. The number of carbonyl (C=O) groups is 3. The molecule has 0 spiro atoms. The second-order valence-electron chi connectivity index (χ2n) is 7.66. The lowest BCUT2D eigenvalue weighted by Crippen LogP contribution is -2.48.